The molecule has 0 aliphatic rings. The van der Waals surface area contributed by atoms with Crippen LogP contribution in [0.25, 0.3) is 0 Å². The average Bonchev–Trinajstić information content (AvgIpc) is 2.29. The van der Waals surface area contributed by atoms with Gasteiger partial charge in [-0.15, -0.1) is 0 Å². The van der Waals surface area contributed by atoms with Crippen LogP contribution in [0.2, 0.25) is 0 Å². The highest BCUT2D eigenvalue weighted by molar-refractivity contribution is 5.22. The van der Waals surface area contributed by atoms with E-state index in [0.29, 0.717) is 0 Å². The first-order chi connectivity index (χ1) is 7.63. The van der Waals surface area contributed by atoms with Gasteiger partial charge in [0.05, 0.1) is 6.04 Å². The molecule has 0 spiro atoms. The zero-order chi connectivity index (χ0) is 12.1. The topological polar surface area (TPSA) is 56.5 Å². The molecule has 16 heavy (non-hydrogen) atoms. The molecular weight excluding hydrogens is 218 g/mol. The van der Waals surface area contributed by atoms with Crippen LogP contribution >= 0.6 is 0 Å². The van der Waals surface area contributed by atoms with E-state index in [0.717, 1.165) is 18.2 Å². The maximum atomic E-state index is 13.5. The number of nitrogens with two attached hydrogens (primary N) is 1. The van der Waals surface area contributed by atoms with Crippen LogP contribution < -0.4 is 11.3 Å². The van der Waals surface area contributed by atoms with E-state index in [9.17, 15) is 8.78 Å². The van der Waals surface area contributed by atoms with Crippen LogP contribution in [0.3, 0.4) is 0 Å². The van der Waals surface area contributed by atoms with Gasteiger partial charge in [-0.2, -0.15) is 0 Å². The fraction of sp³-hybridized carbons (Fsp3) is 0.400. The summed E-state index contributed by atoms with van der Waals surface area (Å²) in [5, 5.41) is 0. The van der Waals surface area contributed by atoms with Gasteiger partial charge >= 0.3 is 0 Å². The lowest BCUT2D eigenvalue weighted by Gasteiger charge is -2.24. The maximum absolute atomic E-state index is 13.5. The highest BCUT2D eigenvalue weighted by Gasteiger charge is 2.24. The van der Waals surface area contributed by atoms with Crippen molar-refractivity contribution in [3.63, 3.8) is 0 Å². The summed E-state index contributed by atoms with van der Waals surface area (Å²) in [6, 6.07) is 2.31. The lowest BCUT2D eigenvalue weighted by Crippen LogP contribution is -2.39. The van der Waals surface area contributed by atoms with Crippen LogP contribution in [0.15, 0.2) is 18.2 Å². The van der Waals surface area contributed by atoms with E-state index >= 15 is 0 Å². The largest absolute Gasteiger partial charge is 0.354 e. The minimum Gasteiger partial charge on any atom is -0.354 e. The first-order valence-electron chi connectivity index (χ1n) is 4.60. The number of rotatable bonds is 5. The molecule has 0 bridgehead atoms. The van der Waals surface area contributed by atoms with Gasteiger partial charge in [0, 0.05) is 19.8 Å². The summed E-state index contributed by atoms with van der Waals surface area (Å²) in [6.45, 7) is 0. The second-order valence-corrected chi connectivity index (χ2v) is 3.15. The predicted octanol–water partition coefficient (Wildman–Crippen LogP) is 1.09. The molecule has 6 heteroatoms. The molecule has 1 atom stereocenters. The van der Waals surface area contributed by atoms with E-state index in [1.165, 1.54) is 14.2 Å². The van der Waals surface area contributed by atoms with E-state index in [2.05, 4.69) is 5.43 Å². The maximum Gasteiger partial charge on any atom is 0.177 e. The molecule has 0 radical (unpaired) electrons. The standard InChI is InChI=1S/C10H14F2N2O2/c1-15-10(16-2)9(14-13)7-5-6(11)3-4-8(7)12/h3-5,9-10,14H,13H2,1-2H3. The zero-order valence-electron chi connectivity index (χ0n) is 9.04. The first kappa shape index (κ1) is 13.0. The van der Waals surface area contributed by atoms with Crippen molar-refractivity contribution >= 4 is 0 Å². The number of nitrogens with one attached hydrogen (secondary N) is 1. The molecule has 0 heterocycles. The van der Waals surface area contributed by atoms with Gasteiger partial charge in [-0.3, -0.25) is 5.84 Å². The molecule has 4 nitrogen and oxygen atoms in total. The molecule has 0 amide bonds. The molecule has 0 aromatic heterocycles. The number of hydrogen-bond donors (Lipinski definition) is 2. The van der Waals surface area contributed by atoms with Crippen molar-refractivity contribution in [2.75, 3.05) is 14.2 Å². The van der Waals surface area contributed by atoms with Crippen LogP contribution in [0, 0.1) is 11.6 Å². The summed E-state index contributed by atoms with van der Waals surface area (Å²) in [7, 11) is 2.77. The van der Waals surface area contributed by atoms with Gasteiger partial charge in [-0.25, -0.2) is 14.2 Å². The van der Waals surface area contributed by atoms with Crippen LogP contribution in [-0.4, -0.2) is 20.5 Å². The Morgan fingerprint density at radius 3 is 2.38 bits per heavy atom. The number of halogens is 2. The summed E-state index contributed by atoms with van der Waals surface area (Å²) < 4.78 is 36.4. The van der Waals surface area contributed by atoms with Gasteiger partial charge < -0.3 is 9.47 Å². The quantitative estimate of drug-likeness (QED) is 0.453. The number of hydrazine groups is 1. The van der Waals surface area contributed by atoms with E-state index in [-0.39, 0.29) is 5.56 Å². The number of hydrogen-bond acceptors (Lipinski definition) is 4. The minimum absolute atomic E-state index is 0.0520. The number of benzene rings is 1. The Bertz CT molecular complexity index is 346. The Morgan fingerprint density at radius 2 is 1.88 bits per heavy atom. The second kappa shape index (κ2) is 5.86. The lowest BCUT2D eigenvalue weighted by molar-refractivity contribution is -0.124. The fourth-order valence-electron chi connectivity index (χ4n) is 1.44. The molecule has 0 aliphatic carbocycles. The molecule has 1 aromatic carbocycles. The van der Waals surface area contributed by atoms with Gasteiger partial charge in [0.2, 0.25) is 0 Å². The molecule has 90 valence electrons. The Morgan fingerprint density at radius 1 is 1.25 bits per heavy atom. The van der Waals surface area contributed by atoms with Crippen LogP contribution in [-0.2, 0) is 9.47 Å². The third-order valence-electron chi connectivity index (χ3n) is 2.21. The number of ether oxygens (including phenoxy) is 2. The van der Waals surface area contributed by atoms with Crippen molar-refractivity contribution < 1.29 is 18.3 Å². The van der Waals surface area contributed by atoms with Crippen LogP contribution in [0.5, 0.6) is 0 Å². The second-order valence-electron chi connectivity index (χ2n) is 3.15. The van der Waals surface area contributed by atoms with Gasteiger partial charge in [0.25, 0.3) is 0 Å². The van der Waals surface area contributed by atoms with Crippen molar-refractivity contribution in [2.24, 2.45) is 5.84 Å². The van der Waals surface area contributed by atoms with Crippen molar-refractivity contribution in [1.82, 2.24) is 5.43 Å². The third-order valence-corrected chi connectivity index (χ3v) is 2.21. The van der Waals surface area contributed by atoms with E-state index < -0.39 is 24.0 Å². The molecule has 0 fully saturated rings. The monoisotopic (exact) mass is 232 g/mol. The molecule has 1 unspecified atom stereocenters. The van der Waals surface area contributed by atoms with Crippen molar-refractivity contribution in [2.45, 2.75) is 12.3 Å². The van der Waals surface area contributed by atoms with Gasteiger partial charge in [-0.05, 0) is 18.2 Å². The van der Waals surface area contributed by atoms with Crippen LogP contribution in [0.4, 0.5) is 8.78 Å². The average molecular weight is 232 g/mol. The molecule has 1 aromatic rings. The Labute approximate surface area is 92.3 Å². The van der Waals surface area contributed by atoms with Crippen molar-refractivity contribution in [3.05, 3.63) is 35.4 Å². The summed E-state index contributed by atoms with van der Waals surface area (Å²) >= 11 is 0. The fourth-order valence-corrected chi connectivity index (χ4v) is 1.44. The molecule has 3 N–H and O–H groups in total. The highest BCUT2D eigenvalue weighted by atomic mass is 19.1. The van der Waals surface area contributed by atoms with E-state index in [1.807, 2.05) is 0 Å². The highest BCUT2D eigenvalue weighted by Crippen LogP contribution is 2.22. The Hall–Kier alpha value is -1.08. The zero-order valence-corrected chi connectivity index (χ0v) is 9.04. The molecule has 0 aliphatic heterocycles. The SMILES string of the molecule is COC(OC)C(NN)c1cc(F)ccc1F. The van der Waals surface area contributed by atoms with Crippen molar-refractivity contribution in [1.29, 1.82) is 0 Å². The summed E-state index contributed by atoms with van der Waals surface area (Å²) in [5.41, 5.74) is 2.38. The molecular formula is C10H14F2N2O2. The lowest BCUT2D eigenvalue weighted by atomic mass is 10.1. The van der Waals surface area contributed by atoms with Gasteiger partial charge in [0.15, 0.2) is 6.29 Å². The van der Waals surface area contributed by atoms with E-state index in [4.69, 9.17) is 15.3 Å². The van der Waals surface area contributed by atoms with E-state index in [1.54, 1.807) is 0 Å². The third kappa shape index (κ3) is 2.73. The smallest absolute Gasteiger partial charge is 0.177 e. The normalized spacial score (nSPS) is 13.1. The Kier molecular flexibility index (Phi) is 4.75. The van der Waals surface area contributed by atoms with Crippen molar-refractivity contribution in [3.8, 4) is 0 Å². The van der Waals surface area contributed by atoms with Gasteiger partial charge in [0.1, 0.15) is 11.6 Å². The molecule has 1 rings (SSSR count). The predicted molar refractivity (Wildman–Crippen MR) is 54.2 cm³/mol. The number of methoxy groups -OCH3 is 2. The Balaban J connectivity index is 3.06. The molecule has 0 saturated heterocycles. The summed E-state index contributed by atoms with van der Waals surface area (Å²) in [5.74, 6) is 4.14. The minimum atomic E-state index is -0.804. The van der Waals surface area contributed by atoms with Gasteiger partial charge in [-0.1, -0.05) is 0 Å². The molecule has 0 saturated carbocycles. The summed E-state index contributed by atoms with van der Waals surface area (Å²) in [6.07, 6.45) is -0.804. The van der Waals surface area contributed by atoms with Crippen LogP contribution in [0.1, 0.15) is 11.6 Å². The first-order valence-corrected chi connectivity index (χ1v) is 4.60. The summed E-state index contributed by atoms with van der Waals surface area (Å²) in [4.78, 5) is 0.